The Balaban J connectivity index is 2.25. The van der Waals surface area contributed by atoms with Gasteiger partial charge in [-0.3, -0.25) is 0 Å². The highest BCUT2D eigenvalue weighted by molar-refractivity contribution is 7.16. The number of hydrogen-bond acceptors (Lipinski definition) is 4. The third-order valence-electron chi connectivity index (χ3n) is 1.81. The van der Waals surface area contributed by atoms with Crippen LogP contribution < -0.4 is 5.32 Å². The topological polar surface area (TPSA) is 37.8 Å². The number of thiophene rings is 1. The van der Waals surface area contributed by atoms with Crippen molar-refractivity contribution < 1.29 is 0 Å². The third-order valence-corrected chi connectivity index (χ3v) is 3.10. The van der Waals surface area contributed by atoms with Gasteiger partial charge in [0.15, 0.2) is 0 Å². The van der Waals surface area contributed by atoms with Crippen LogP contribution in [0.25, 0.3) is 10.2 Å². The van der Waals surface area contributed by atoms with Crippen molar-refractivity contribution in [3.05, 3.63) is 17.6 Å². The van der Waals surface area contributed by atoms with Crippen LogP contribution in [0.15, 0.2) is 17.6 Å². The van der Waals surface area contributed by atoms with Crippen molar-refractivity contribution in [1.82, 2.24) is 9.97 Å². The molecule has 2 aromatic rings. The first kappa shape index (κ1) is 9.68. The quantitative estimate of drug-likeness (QED) is 0.820. The van der Waals surface area contributed by atoms with Gasteiger partial charge in [0.2, 0.25) is 5.95 Å². The molecular weight excluding hydrogens is 218 g/mol. The summed E-state index contributed by atoms with van der Waals surface area (Å²) >= 11 is 7.30. The van der Waals surface area contributed by atoms with E-state index in [9.17, 15) is 0 Å². The second kappa shape index (κ2) is 4.11. The Morgan fingerprint density at radius 3 is 3.29 bits per heavy atom. The Bertz CT molecular complexity index is 429. The minimum Gasteiger partial charge on any atom is -0.351 e. The molecule has 74 valence electrons. The maximum absolute atomic E-state index is 5.68. The van der Waals surface area contributed by atoms with Crippen molar-refractivity contribution in [3.63, 3.8) is 0 Å². The number of fused-ring (bicyclic) bond motifs is 1. The van der Waals surface area contributed by atoms with Gasteiger partial charge in [0.05, 0.1) is 0 Å². The standard InChI is InChI=1S/C9H10ClN3S/c1-6(4-10)12-9-11-5-7-2-3-14-8(7)13-9/h2-3,5-6H,4H2,1H3,(H,11,12,13). The molecule has 2 aromatic heterocycles. The van der Waals surface area contributed by atoms with Gasteiger partial charge in [-0.15, -0.1) is 22.9 Å². The molecule has 1 unspecified atom stereocenters. The van der Waals surface area contributed by atoms with Crippen LogP contribution in [0.5, 0.6) is 0 Å². The summed E-state index contributed by atoms with van der Waals surface area (Å²) in [5, 5.41) is 6.22. The summed E-state index contributed by atoms with van der Waals surface area (Å²) in [5.74, 6) is 1.19. The Hall–Kier alpha value is -0.870. The number of aromatic nitrogens is 2. The van der Waals surface area contributed by atoms with Crippen LogP contribution in [0.3, 0.4) is 0 Å². The second-order valence-corrected chi connectivity index (χ2v) is 4.28. The fraction of sp³-hybridized carbons (Fsp3) is 0.333. The molecule has 0 bridgehead atoms. The van der Waals surface area contributed by atoms with Crippen molar-refractivity contribution >= 4 is 39.1 Å². The monoisotopic (exact) mass is 227 g/mol. The van der Waals surface area contributed by atoms with Crippen LogP contribution in [-0.2, 0) is 0 Å². The Morgan fingerprint density at radius 1 is 1.64 bits per heavy atom. The number of nitrogens with one attached hydrogen (secondary N) is 1. The number of anilines is 1. The van der Waals surface area contributed by atoms with E-state index in [0.29, 0.717) is 11.8 Å². The average Bonchev–Trinajstić information content (AvgIpc) is 2.64. The first-order valence-electron chi connectivity index (χ1n) is 4.32. The highest BCUT2D eigenvalue weighted by Crippen LogP contribution is 2.18. The van der Waals surface area contributed by atoms with E-state index < -0.39 is 0 Å². The largest absolute Gasteiger partial charge is 0.351 e. The van der Waals surface area contributed by atoms with Gasteiger partial charge in [-0.25, -0.2) is 9.97 Å². The third kappa shape index (κ3) is 1.96. The summed E-state index contributed by atoms with van der Waals surface area (Å²) in [6.45, 7) is 2.00. The van der Waals surface area contributed by atoms with Gasteiger partial charge in [0.1, 0.15) is 4.83 Å². The number of halogens is 1. The van der Waals surface area contributed by atoms with E-state index in [1.54, 1.807) is 11.3 Å². The molecule has 5 heteroatoms. The predicted octanol–water partition coefficient (Wildman–Crippen LogP) is 2.73. The SMILES string of the molecule is CC(CCl)Nc1ncc2ccsc2n1. The average molecular weight is 228 g/mol. The van der Waals surface area contributed by atoms with Crippen LogP contribution in [0.4, 0.5) is 5.95 Å². The van der Waals surface area contributed by atoms with Crippen molar-refractivity contribution in [2.75, 3.05) is 11.2 Å². The van der Waals surface area contributed by atoms with Crippen LogP contribution in [0, 0.1) is 0 Å². The van der Waals surface area contributed by atoms with Gasteiger partial charge in [0.25, 0.3) is 0 Å². The molecule has 0 spiro atoms. The minimum absolute atomic E-state index is 0.189. The Labute approximate surface area is 91.1 Å². The number of nitrogens with zero attached hydrogens (tertiary/aromatic N) is 2. The van der Waals surface area contributed by atoms with E-state index >= 15 is 0 Å². The zero-order chi connectivity index (χ0) is 9.97. The zero-order valence-electron chi connectivity index (χ0n) is 7.70. The van der Waals surface area contributed by atoms with Crippen LogP contribution in [0.2, 0.25) is 0 Å². The smallest absolute Gasteiger partial charge is 0.224 e. The number of hydrogen-bond donors (Lipinski definition) is 1. The lowest BCUT2D eigenvalue weighted by Crippen LogP contribution is -2.18. The molecule has 1 N–H and O–H groups in total. The summed E-state index contributed by atoms with van der Waals surface area (Å²) in [5.41, 5.74) is 0. The van der Waals surface area contributed by atoms with Crippen LogP contribution in [-0.4, -0.2) is 21.9 Å². The molecule has 0 aromatic carbocycles. The lowest BCUT2D eigenvalue weighted by Gasteiger charge is -2.09. The van der Waals surface area contributed by atoms with Gasteiger partial charge >= 0.3 is 0 Å². The maximum Gasteiger partial charge on any atom is 0.224 e. The first-order valence-corrected chi connectivity index (χ1v) is 5.74. The van der Waals surface area contributed by atoms with Gasteiger partial charge in [-0.2, -0.15) is 0 Å². The first-order chi connectivity index (χ1) is 6.79. The molecule has 0 radical (unpaired) electrons. The molecule has 2 heterocycles. The molecule has 14 heavy (non-hydrogen) atoms. The van der Waals surface area contributed by atoms with Gasteiger partial charge < -0.3 is 5.32 Å². The van der Waals surface area contributed by atoms with E-state index in [2.05, 4.69) is 15.3 Å². The highest BCUT2D eigenvalue weighted by atomic mass is 35.5. The summed E-state index contributed by atoms with van der Waals surface area (Å²) in [7, 11) is 0. The molecule has 0 amide bonds. The number of alkyl halides is 1. The van der Waals surface area contributed by atoms with Crippen molar-refractivity contribution in [2.45, 2.75) is 13.0 Å². The fourth-order valence-corrected chi connectivity index (χ4v) is 1.90. The molecule has 0 aliphatic carbocycles. The molecule has 0 saturated heterocycles. The molecule has 2 rings (SSSR count). The molecule has 0 aliphatic heterocycles. The van der Waals surface area contributed by atoms with E-state index in [4.69, 9.17) is 11.6 Å². The van der Waals surface area contributed by atoms with Crippen LogP contribution >= 0.6 is 22.9 Å². The minimum atomic E-state index is 0.189. The van der Waals surface area contributed by atoms with Crippen molar-refractivity contribution in [2.24, 2.45) is 0 Å². The Morgan fingerprint density at radius 2 is 2.50 bits per heavy atom. The van der Waals surface area contributed by atoms with Gasteiger partial charge in [0, 0.05) is 23.5 Å². The van der Waals surface area contributed by atoms with Crippen molar-refractivity contribution in [3.8, 4) is 0 Å². The van der Waals surface area contributed by atoms with Gasteiger partial charge in [-0.1, -0.05) is 0 Å². The lowest BCUT2D eigenvalue weighted by atomic mass is 10.4. The van der Waals surface area contributed by atoms with E-state index in [1.807, 2.05) is 24.6 Å². The van der Waals surface area contributed by atoms with Crippen LogP contribution in [0.1, 0.15) is 6.92 Å². The summed E-state index contributed by atoms with van der Waals surface area (Å²) in [6, 6.07) is 2.20. The van der Waals surface area contributed by atoms with E-state index in [1.165, 1.54) is 0 Å². The molecule has 0 saturated carbocycles. The zero-order valence-corrected chi connectivity index (χ0v) is 9.27. The van der Waals surface area contributed by atoms with E-state index in [0.717, 1.165) is 10.2 Å². The molecule has 3 nitrogen and oxygen atoms in total. The molecular formula is C9H10ClN3S. The Kier molecular flexibility index (Phi) is 2.84. The number of rotatable bonds is 3. The highest BCUT2D eigenvalue weighted by Gasteiger charge is 2.03. The fourth-order valence-electron chi connectivity index (χ4n) is 1.08. The maximum atomic E-state index is 5.68. The molecule has 0 aliphatic rings. The lowest BCUT2D eigenvalue weighted by molar-refractivity contribution is 0.886. The van der Waals surface area contributed by atoms with E-state index in [-0.39, 0.29) is 6.04 Å². The van der Waals surface area contributed by atoms with Gasteiger partial charge in [-0.05, 0) is 18.4 Å². The normalized spacial score (nSPS) is 13.0. The summed E-state index contributed by atoms with van der Waals surface area (Å²) < 4.78 is 0. The molecule has 1 atom stereocenters. The van der Waals surface area contributed by atoms with Crippen molar-refractivity contribution in [1.29, 1.82) is 0 Å². The predicted molar refractivity (Wildman–Crippen MR) is 61.2 cm³/mol. The second-order valence-electron chi connectivity index (χ2n) is 3.07. The molecule has 0 fully saturated rings. The summed E-state index contributed by atoms with van der Waals surface area (Å²) in [4.78, 5) is 9.56. The summed E-state index contributed by atoms with van der Waals surface area (Å²) in [6.07, 6.45) is 1.82.